The average Bonchev–Trinajstić information content (AvgIpc) is 3.55. The van der Waals surface area contributed by atoms with Crippen LogP contribution in [0, 0.1) is 0 Å². The number of carbonyl (C=O) groups excluding carboxylic acids is 1. The molecule has 0 radical (unpaired) electrons. The molecule has 1 amide bonds. The van der Waals surface area contributed by atoms with Crippen molar-refractivity contribution in [3.05, 3.63) is 66.4 Å². The molecule has 0 spiro atoms. The number of ether oxygens (including phenoxy) is 1. The van der Waals surface area contributed by atoms with E-state index in [1.165, 1.54) is 25.7 Å². The highest BCUT2D eigenvalue weighted by Crippen LogP contribution is 2.28. The van der Waals surface area contributed by atoms with Crippen molar-refractivity contribution in [2.24, 2.45) is 0 Å². The van der Waals surface area contributed by atoms with Crippen LogP contribution in [0.25, 0.3) is 16.9 Å². The van der Waals surface area contributed by atoms with Crippen molar-refractivity contribution in [2.75, 3.05) is 33.3 Å². The molecule has 2 fully saturated rings. The Kier molecular flexibility index (Phi) is 5.95. The summed E-state index contributed by atoms with van der Waals surface area (Å²) in [6, 6.07) is 20.5. The highest BCUT2D eigenvalue weighted by atomic mass is 16.5. The van der Waals surface area contributed by atoms with Gasteiger partial charge in [0.2, 0.25) is 0 Å². The Labute approximate surface area is 189 Å². The number of benzene rings is 2. The van der Waals surface area contributed by atoms with E-state index in [1.807, 2.05) is 70.2 Å². The van der Waals surface area contributed by atoms with Gasteiger partial charge in [-0.1, -0.05) is 31.0 Å². The molecule has 3 aromatic rings. The molecule has 0 atom stereocenters. The number of nitrogens with zero attached hydrogens (tertiary/aromatic N) is 4. The van der Waals surface area contributed by atoms with E-state index in [9.17, 15) is 4.79 Å². The fourth-order valence-electron chi connectivity index (χ4n) is 4.94. The van der Waals surface area contributed by atoms with Gasteiger partial charge in [-0.15, -0.1) is 0 Å². The lowest BCUT2D eigenvalue weighted by molar-refractivity contribution is 0.0567. The van der Waals surface area contributed by atoms with Crippen LogP contribution in [0.1, 0.15) is 36.2 Å². The molecule has 2 aliphatic rings. The Bertz CT molecular complexity index is 1050. The molecule has 1 aromatic heterocycles. The van der Waals surface area contributed by atoms with Crippen LogP contribution in [0.15, 0.2) is 60.7 Å². The zero-order valence-corrected chi connectivity index (χ0v) is 18.6. The van der Waals surface area contributed by atoms with Gasteiger partial charge in [-0.2, -0.15) is 5.10 Å². The van der Waals surface area contributed by atoms with Gasteiger partial charge >= 0.3 is 0 Å². The van der Waals surface area contributed by atoms with E-state index in [0.29, 0.717) is 11.7 Å². The van der Waals surface area contributed by atoms with Crippen molar-refractivity contribution in [2.45, 2.75) is 31.7 Å². The molecular formula is C26H30N4O2. The lowest BCUT2D eigenvalue weighted by atomic mass is 10.1. The van der Waals surface area contributed by atoms with Gasteiger partial charge in [-0.25, -0.2) is 4.68 Å². The van der Waals surface area contributed by atoms with E-state index in [1.54, 1.807) is 7.11 Å². The van der Waals surface area contributed by atoms with Gasteiger partial charge in [-0.3, -0.25) is 9.69 Å². The van der Waals surface area contributed by atoms with Gasteiger partial charge in [0.1, 0.15) is 5.75 Å². The maximum Gasteiger partial charge on any atom is 0.274 e. The second kappa shape index (κ2) is 9.17. The molecule has 5 rings (SSSR count). The van der Waals surface area contributed by atoms with Gasteiger partial charge in [-0.05, 0) is 55.3 Å². The summed E-state index contributed by atoms with van der Waals surface area (Å²) in [5.41, 5.74) is 3.32. The fraction of sp³-hybridized carbons (Fsp3) is 0.385. The minimum absolute atomic E-state index is 0.0144. The summed E-state index contributed by atoms with van der Waals surface area (Å²) in [5.74, 6) is 0.816. The predicted molar refractivity (Wildman–Crippen MR) is 125 cm³/mol. The Hall–Kier alpha value is -3.12. The first-order valence-corrected chi connectivity index (χ1v) is 11.6. The third kappa shape index (κ3) is 4.15. The lowest BCUT2D eigenvalue weighted by Crippen LogP contribution is -2.51. The molecule has 1 saturated carbocycles. The molecule has 6 heteroatoms. The van der Waals surface area contributed by atoms with E-state index in [-0.39, 0.29) is 5.91 Å². The number of rotatable bonds is 5. The van der Waals surface area contributed by atoms with Crippen LogP contribution in [0.3, 0.4) is 0 Å². The molecule has 1 aliphatic heterocycles. The third-order valence-corrected chi connectivity index (χ3v) is 6.76. The zero-order chi connectivity index (χ0) is 21.9. The van der Waals surface area contributed by atoms with Crippen LogP contribution in [0.2, 0.25) is 0 Å². The van der Waals surface area contributed by atoms with Gasteiger partial charge in [0, 0.05) is 37.8 Å². The number of aromatic nitrogens is 2. The first-order valence-electron chi connectivity index (χ1n) is 11.6. The Morgan fingerprint density at radius 1 is 0.938 bits per heavy atom. The van der Waals surface area contributed by atoms with E-state index in [4.69, 9.17) is 9.84 Å². The number of hydrogen-bond donors (Lipinski definition) is 0. The summed E-state index contributed by atoms with van der Waals surface area (Å²) in [7, 11) is 1.66. The van der Waals surface area contributed by atoms with Gasteiger partial charge in [0.05, 0.1) is 18.5 Å². The first kappa shape index (κ1) is 20.8. The van der Waals surface area contributed by atoms with Crippen LogP contribution < -0.4 is 4.74 Å². The summed E-state index contributed by atoms with van der Waals surface area (Å²) < 4.78 is 7.17. The molecular weight excluding hydrogens is 400 g/mol. The number of carbonyl (C=O) groups is 1. The van der Waals surface area contributed by atoms with Crippen molar-refractivity contribution in [3.63, 3.8) is 0 Å². The van der Waals surface area contributed by atoms with Crippen LogP contribution in [-0.4, -0.2) is 64.8 Å². The molecule has 1 saturated heterocycles. The fourth-order valence-corrected chi connectivity index (χ4v) is 4.94. The van der Waals surface area contributed by atoms with Crippen LogP contribution in [0.4, 0.5) is 0 Å². The average molecular weight is 431 g/mol. The standard InChI is InChI=1S/C26H30N4O2/c1-32-23-13-11-20(12-14-23)25-19-24(27-30(25)22-9-3-2-4-10-22)26(31)29-17-15-28(16-18-29)21-7-5-6-8-21/h2-4,9-14,19,21H,5-8,15-18H2,1H3. The topological polar surface area (TPSA) is 50.6 Å². The minimum Gasteiger partial charge on any atom is -0.497 e. The summed E-state index contributed by atoms with van der Waals surface area (Å²) in [6.07, 6.45) is 5.30. The van der Waals surface area contributed by atoms with E-state index in [2.05, 4.69) is 4.90 Å². The monoisotopic (exact) mass is 430 g/mol. The Morgan fingerprint density at radius 2 is 1.62 bits per heavy atom. The largest absolute Gasteiger partial charge is 0.497 e. The summed E-state index contributed by atoms with van der Waals surface area (Å²) in [5, 5.41) is 4.75. The summed E-state index contributed by atoms with van der Waals surface area (Å²) in [4.78, 5) is 17.9. The predicted octanol–water partition coefficient (Wildman–Crippen LogP) is 4.25. The van der Waals surface area contributed by atoms with Crippen molar-refractivity contribution in [3.8, 4) is 22.7 Å². The van der Waals surface area contributed by atoms with E-state index in [0.717, 1.165) is 48.9 Å². The number of amides is 1. The number of para-hydroxylation sites is 1. The number of piperazine rings is 1. The number of hydrogen-bond acceptors (Lipinski definition) is 4. The molecule has 0 unspecified atom stereocenters. The van der Waals surface area contributed by atoms with Gasteiger partial charge in [0.15, 0.2) is 5.69 Å². The molecule has 2 heterocycles. The molecule has 32 heavy (non-hydrogen) atoms. The second-order valence-electron chi connectivity index (χ2n) is 8.66. The highest BCUT2D eigenvalue weighted by molar-refractivity contribution is 5.93. The molecule has 2 aromatic carbocycles. The summed E-state index contributed by atoms with van der Waals surface area (Å²) in [6.45, 7) is 3.46. The smallest absolute Gasteiger partial charge is 0.274 e. The minimum atomic E-state index is 0.0144. The van der Waals surface area contributed by atoms with Crippen LogP contribution >= 0.6 is 0 Å². The maximum atomic E-state index is 13.4. The normalized spacial score (nSPS) is 17.6. The molecule has 1 aliphatic carbocycles. The van der Waals surface area contributed by atoms with Crippen molar-refractivity contribution < 1.29 is 9.53 Å². The molecule has 6 nitrogen and oxygen atoms in total. The van der Waals surface area contributed by atoms with Gasteiger partial charge < -0.3 is 9.64 Å². The second-order valence-corrected chi connectivity index (χ2v) is 8.66. The summed E-state index contributed by atoms with van der Waals surface area (Å²) >= 11 is 0. The Morgan fingerprint density at radius 3 is 2.28 bits per heavy atom. The quantitative estimate of drug-likeness (QED) is 0.607. The van der Waals surface area contributed by atoms with Crippen molar-refractivity contribution in [1.82, 2.24) is 19.6 Å². The van der Waals surface area contributed by atoms with E-state index < -0.39 is 0 Å². The van der Waals surface area contributed by atoms with Crippen molar-refractivity contribution in [1.29, 1.82) is 0 Å². The van der Waals surface area contributed by atoms with Gasteiger partial charge in [0.25, 0.3) is 5.91 Å². The SMILES string of the molecule is COc1ccc(-c2cc(C(=O)N3CCN(C4CCCC4)CC3)nn2-c2ccccc2)cc1. The van der Waals surface area contributed by atoms with Crippen molar-refractivity contribution >= 4 is 5.91 Å². The first-order chi connectivity index (χ1) is 15.7. The van der Waals surface area contributed by atoms with Crippen LogP contribution in [0.5, 0.6) is 5.75 Å². The maximum absolute atomic E-state index is 13.4. The third-order valence-electron chi connectivity index (χ3n) is 6.76. The van der Waals surface area contributed by atoms with E-state index >= 15 is 0 Å². The van der Waals surface area contributed by atoms with Crippen LogP contribution in [-0.2, 0) is 0 Å². The molecule has 0 bridgehead atoms. The highest BCUT2D eigenvalue weighted by Gasteiger charge is 2.29. The molecule has 0 N–H and O–H groups in total. The lowest BCUT2D eigenvalue weighted by Gasteiger charge is -2.37. The zero-order valence-electron chi connectivity index (χ0n) is 18.6. The molecule has 166 valence electrons. The Balaban J connectivity index is 1.40. The number of methoxy groups -OCH3 is 1.